The van der Waals surface area contributed by atoms with Crippen LogP contribution in [-0.4, -0.2) is 0 Å². The number of anilines is 1. The SMILES string of the molecule is Cc1ccc(Oc2ccccc2N)cc1Cl. The molecule has 2 rings (SSSR count). The van der Waals surface area contributed by atoms with Crippen LogP contribution in [0.5, 0.6) is 11.5 Å². The number of nitrogen functional groups attached to an aromatic ring is 1. The molecule has 0 amide bonds. The minimum atomic E-state index is 0.610. The first-order valence-electron chi connectivity index (χ1n) is 4.95. The van der Waals surface area contributed by atoms with E-state index in [1.54, 1.807) is 12.1 Å². The van der Waals surface area contributed by atoms with Crippen LogP contribution in [0.4, 0.5) is 5.69 Å². The molecule has 0 heterocycles. The molecule has 0 bridgehead atoms. The van der Waals surface area contributed by atoms with E-state index in [2.05, 4.69) is 0 Å². The average molecular weight is 234 g/mol. The Morgan fingerprint density at radius 1 is 1.12 bits per heavy atom. The highest BCUT2D eigenvalue weighted by atomic mass is 35.5. The third kappa shape index (κ3) is 2.28. The van der Waals surface area contributed by atoms with Crippen molar-refractivity contribution in [3.63, 3.8) is 0 Å². The highest BCUT2D eigenvalue weighted by Gasteiger charge is 2.02. The molecule has 0 fully saturated rings. The predicted octanol–water partition coefficient (Wildman–Crippen LogP) is 4.02. The van der Waals surface area contributed by atoms with Gasteiger partial charge in [0.2, 0.25) is 0 Å². The fraction of sp³-hybridized carbons (Fsp3) is 0.0769. The molecule has 2 aromatic carbocycles. The van der Waals surface area contributed by atoms with Crippen LogP contribution in [0, 0.1) is 6.92 Å². The van der Waals surface area contributed by atoms with E-state index >= 15 is 0 Å². The van der Waals surface area contributed by atoms with Crippen LogP contribution in [0.25, 0.3) is 0 Å². The van der Waals surface area contributed by atoms with Crippen molar-refractivity contribution in [2.24, 2.45) is 0 Å². The minimum absolute atomic E-state index is 0.610. The molecule has 0 unspecified atom stereocenters. The van der Waals surface area contributed by atoms with E-state index < -0.39 is 0 Å². The Bertz CT molecular complexity index is 511. The molecule has 2 nitrogen and oxygen atoms in total. The Morgan fingerprint density at radius 2 is 1.88 bits per heavy atom. The number of hydrogen-bond donors (Lipinski definition) is 1. The van der Waals surface area contributed by atoms with E-state index in [4.69, 9.17) is 22.1 Å². The molecule has 0 aliphatic carbocycles. The van der Waals surface area contributed by atoms with Gasteiger partial charge in [0.15, 0.2) is 0 Å². The molecule has 0 aliphatic heterocycles. The smallest absolute Gasteiger partial charge is 0.150 e. The molecule has 0 aromatic heterocycles. The number of hydrogen-bond acceptors (Lipinski definition) is 2. The summed E-state index contributed by atoms with van der Waals surface area (Å²) in [5, 5.41) is 0.687. The van der Waals surface area contributed by atoms with Gasteiger partial charge in [0.25, 0.3) is 0 Å². The van der Waals surface area contributed by atoms with Crippen LogP contribution in [-0.2, 0) is 0 Å². The largest absolute Gasteiger partial charge is 0.455 e. The summed E-state index contributed by atoms with van der Waals surface area (Å²) in [5.74, 6) is 1.33. The zero-order valence-electron chi connectivity index (χ0n) is 8.91. The Labute approximate surface area is 99.6 Å². The second kappa shape index (κ2) is 4.45. The third-order valence-electron chi connectivity index (χ3n) is 2.29. The minimum Gasteiger partial charge on any atom is -0.455 e. The molecular formula is C13H12ClNO. The van der Waals surface area contributed by atoms with Gasteiger partial charge in [-0.3, -0.25) is 0 Å². The van der Waals surface area contributed by atoms with E-state index in [0.717, 1.165) is 5.56 Å². The molecule has 16 heavy (non-hydrogen) atoms. The van der Waals surface area contributed by atoms with Crippen LogP contribution in [0.15, 0.2) is 42.5 Å². The number of ether oxygens (including phenoxy) is 1. The van der Waals surface area contributed by atoms with Gasteiger partial charge in [0.05, 0.1) is 5.69 Å². The molecule has 0 atom stereocenters. The summed E-state index contributed by atoms with van der Waals surface area (Å²) < 4.78 is 5.64. The number of rotatable bonds is 2. The van der Waals surface area contributed by atoms with Crippen molar-refractivity contribution < 1.29 is 4.74 Å². The fourth-order valence-electron chi connectivity index (χ4n) is 1.34. The van der Waals surface area contributed by atoms with Crippen LogP contribution < -0.4 is 10.5 Å². The van der Waals surface area contributed by atoms with Crippen molar-refractivity contribution in [1.82, 2.24) is 0 Å². The average Bonchev–Trinajstić information content (AvgIpc) is 2.27. The van der Waals surface area contributed by atoms with Crippen molar-refractivity contribution in [1.29, 1.82) is 0 Å². The summed E-state index contributed by atoms with van der Waals surface area (Å²) in [6.45, 7) is 1.95. The molecule has 0 spiro atoms. The number of aryl methyl sites for hydroxylation is 1. The van der Waals surface area contributed by atoms with Crippen molar-refractivity contribution in [3.05, 3.63) is 53.1 Å². The number of para-hydroxylation sites is 2. The monoisotopic (exact) mass is 233 g/mol. The maximum Gasteiger partial charge on any atom is 0.150 e. The normalized spacial score (nSPS) is 10.1. The quantitative estimate of drug-likeness (QED) is 0.795. The van der Waals surface area contributed by atoms with E-state index in [9.17, 15) is 0 Å². The van der Waals surface area contributed by atoms with Crippen molar-refractivity contribution in [2.45, 2.75) is 6.92 Å². The first-order valence-corrected chi connectivity index (χ1v) is 5.33. The molecule has 2 aromatic rings. The van der Waals surface area contributed by atoms with Crippen LogP contribution in [0.2, 0.25) is 5.02 Å². The van der Waals surface area contributed by atoms with Gasteiger partial charge in [-0.1, -0.05) is 29.8 Å². The molecule has 0 saturated carbocycles. The molecule has 3 heteroatoms. The zero-order valence-corrected chi connectivity index (χ0v) is 9.66. The van der Waals surface area contributed by atoms with Gasteiger partial charge in [-0.05, 0) is 36.8 Å². The maximum absolute atomic E-state index is 6.01. The zero-order chi connectivity index (χ0) is 11.5. The Hall–Kier alpha value is -1.67. The summed E-state index contributed by atoms with van der Waals surface area (Å²) in [7, 11) is 0. The lowest BCUT2D eigenvalue weighted by atomic mass is 10.2. The summed E-state index contributed by atoms with van der Waals surface area (Å²) in [4.78, 5) is 0. The van der Waals surface area contributed by atoms with Crippen molar-refractivity contribution >= 4 is 17.3 Å². The third-order valence-corrected chi connectivity index (χ3v) is 2.70. The topological polar surface area (TPSA) is 35.2 Å². The number of nitrogens with two attached hydrogens (primary N) is 1. The molecule has 0 aliphatic rings. The van der Waals surface area contributed by atoms with Gasteiger partial charge in [0.1, 0.15) is 11.5 Å². The van der Waals surface area contributed by atoms with E-state index in [1.165, 1.54) is 0 Å². The highest BCUT2D eigenvalue weighted by molar-refractivity contribution is 6.31. The molecule has 2 N–H and O–H groups in total. The summed E-state index contributed by atoms with van der Waals surface area (Å²) >= 11 is 6.01. The van der Waals surface area contributed by atoms with Gasteiger partial charge in [-0.25, -0.2) is 0 Å². The number of benzene rings is 2. The lowest BCUT2D eigenvalue weighted by Crippen LogP contribution is -1.91. The van der Waals surface area contributed by atoms with Crippen LogP contribution in [0.1, 0.15) is 5.56 Å². The van der Waals surface area contributed by atoms with Crippen molar-refractivity contribution in [2.75, 3.05) is 5.73 Å². The van der Waals surface area contributed by atoms with Crippen molar-refractivity contribution in [3.8, 4) is 11.5 Å². The Morgan fingerprint density at radius 3 is 2.56 bits per heavy atom. The highest BCUT2D eigenvalue weighted by Crippen LogP contribution is 2.29. The van der Waals surface area contributed by atoms with Gasteiger partial charge in [0, 0.05) is 5.02 Å². The van der Waals surface area contributed by atoms with E-state index in [1.807, 2.05) is 37.3 Å². The number of halogens is 1. The first-order chi connectivity index (χ1) is 7.66. The molecular weight excluding hydrogens is 222 g/mol. The summed E-state index contributed by atoms with van der Waals surface area (Å²) in [6, 6.07) is 12.9. The van der Waals surface area contributed by atoms with Crippen LogP contribution in [0.3, 0.4) is 0 Å². The first kappa shape index (κ1) is 10.8. The van der Waals surface area contributed by atoms with Gasteiger partial charge in [-0.2, -0.15) is 0 Å². The maximum atomic E-state index is 6.01. The lowest BCUT2D eigenvalue weighted by molar-refractivity contribution is 0.485. The van der Waals surface area contributed by atoms with Gasteiger partial charge in [-0.15, -0.1) is 0 Å². The van der Waals surface area contributed by atoms with E-state index in [0.29, 0.717) is 22.2 Å². The lowest BCUT2D eigenvalue weighted by Gasteiger charge is -2.08. The summed E-state index contributed by atoms with van der Waals surface area (Å²) in [5.41, 5.74) is 7.41. The second-order valence-corrected chi connectivity index (χ2v) is 3.96. The Kier molecular flexibility index (Phi) is 3.02. The predicted molar refractivity (Wildman–Crippen MR) is 67.1 cm³/mol. The Balaban J connectivity index is 2.28. The standard InChI is InChI=1S/C13H12ClNO/c1-9-6-7-10(8-11(9)14)16-13-5-3-2-4-12(13)15/h2-8H,15H2,1H3. The van der Waals surface area contributed by atoms with Gasteiger partial charge < -0.3 is 10.5 Å². The molecule has 0 saturated heterocycles. The summed E-state index contributed by atoms with van der Waals surface area (Å²) in [6.07, 6.45) is 0. The molecule has 0 radical (unpaired) electrons. The van der Waals surface area contributed by atoms with Crippen LogP contribution >= 0.6 is 11.6 Å². The second-order valence-electron chi connectivity index (χ2n) is 3.55. The fourth-order valence-corrected chi connectivity index (χ4v) is 1.51. The van der Waals surface area contributed by atoms with E-state index in [-0.39, 0.29) is 0 Å². The molecule has 82 valence electrons. The van der Waals surface area contributed by atoms with Gasteiger partial charge >= 0.3 is 0 Å².